The fourth-order valence-corrected chi connectivity index (χ4v) is 1.31. The van der Waals surface area contributed by atoms with Crippen LogP contribution in [-0.2, 0) is 4.79 Å². The largest absolute Gasteiger partial charge is 0.463 e. The Hall–Kier alpha value is -2.56. The molecule has 1 heterocycles. The minimum Gasteiger partial charge on any atom is -0.463 e. The molecule has 5 heteroatoms. The zero-order valence-electron chi connectivity index (χ0n) is 9.67. The molecular weight excluding hydrogens is 230 g/mol. The Kier molecular flexibility index (Phi) is 4.13. The Labute approximate surface area is 105 Å². The van der Waals surface area contributed by atoms with Gasteiger partial charge in [0.1, 0.15) is 5.76 Å². The van der Waals surface area contributed by atoms with E-state index in [9.17, 15) is 4.79 Å². The van der Waals surface area contributed by atoms with Gasteiger partial charge in [-0.1, -0.05) is 18.2 Å². The van der Waals surface area contributed by atoms with Gasteiger partial charge in [0.2, 0.25) is 0 Å². The lowest BCUT2D eigenvalue weighted by Gasteiger charge is -2.04. The molecule has 0 fully saturated rings. The molecule has 2 aromatic rings. The number of carbonyl (C=O) groups is 1. The fourth-order valence-electron chi connectivity index (χ4n) is 1.31. The van der Waals surface area contributed by atoms with Crippen LogP contribution in [0.4, 0.5) is 5.69 Å². The van der Waals surface area contributed by atoms with Crippen molar-refractivity contribution in [2.24, 2.45) is 5.10 Å². The van der Waals surface area contributed by atoms with Crippen LogP contribution in [0, 0.1) is 0 Å². The first kappa shape index (κ1) is 11.9. The van der Waals surface area contributed by atoms with E-state index in [-0.39, 0.29) is 12.5 Å². The number of benzene rings is 1. The van der Waals surface area contributed by atoms with Gasteiger partial charge in [-0.3, -0.25) is 4.79 Å². The van der Waals surface area contributed by atoms with Crippen molar-refractivity contribution in [3.8, 4) is 0 Å². The van der Waals surface area contributed by atoms with Crippen molar-refractivity contribution in [2.45, 2.75) is 0 Å². The SMILES string of the molecule is O=C(CNc1ccccc1)N/N=C/c1ccco1. The molecule has 0 radical (unpaired) electrons. The van der Waals surface area contributed by atoms with Crippen LogP contribution < -0.4 is 10.7 Å². The number of hydrogen-bond donors (Lipinski definition) is 2. The molecule has 0 bridgehead atoms. The molecule has 92 valence electrons. The van der Waals surface area contributed by atoms with Gasteiger partial charge in [-0.05, 0) is 24.3 Å². The molecule has 5 nitrogen and oxygen atoms in total. The van der Waals surface area contributed by atoms with E-state index >= 15 is 0 Å². The first-order chi connectivity index (χ1) is 8.84. The van der Waals surface area contributed by atoms with Crippen molar-refractivity contribution in [1.82, 2.24) is 5.43 Å². The summed E-state index contributed by atoms with van der Waals surface area (Å²) in [6.45, 7) is 0.166. The number of rotatable bonds is 5. The second-order valence-electron chi connectivity index (χ2n) is 3.53. The monoisotopic (exact) mass is 243 g/mol. The summed E-state index contributed by atoms with van der Waals surface area (Å²) in [4.78, 5) is 11.4. The molecule has 2 rings (SSSR count). The van der Waals surface area contributed by atoms with Gasteiger partial charge < -0.3 is 9.73 Å². The summed E-state index contributed by atoms with van der Waals surface area (Å²) in [7, 11) is 0. The summed E-state index contributed by atoms with van der Waals surface area (Å²) >= 11 is 0. The summed E-state index contributed by atoms with van der Waals surface area (Å²) in [5, 5.41) is 6.75. The number of anilines is 1. The average molecular weight is 243 g/mol. The Morgan fingerprint density at radius 1 is 1.22 bits per heavy atom. The normalized spacial score (nSPS) is 10.4. The molecule has 1 aromatic carbocycles. The zero-order chi connectivity index (χ0) is 12.6. The number of para-hydroxylation sites is 1. The highest BCUT2D eigenvalue weighted by Crippen LogP contribution is 2.03. The fraction of sp³-hybridized carbons (Fsp3) is 0.0769. The molecule has 0 saturated carbocycles. The van der Waals surface area contributed by atoms with Crippen molar-refractivity contribution in [3.63, 3.8) is 0 Å². The first-order valence-electron chi connectivity index (χ1n) is 5.49. The Bertz CT molecular complexity index is 506. The third kappa shape index (κ3) is 3.79. The lowest BCUT2D eigenvalue weighted by molar-refractivity contribution is -0.119. The Balaban J connectivity index is 1.73. The van der Waals surface area contributed by atoms with Crippen LogP contribution in [0.3, 0.4) is 0 Å². The molecule has 0 unspecified atom stereocenters. The third-order valence-electron chi connectivity index (χ3n) is 2.15. The number of amides is 1. The second-order valence-corrected chi connectivity index (χ2v) is 3.53. The van der Waals surface area contributed by atoms with E-state index in [4.69, 9.17) is 4.42 Å². The minimum atomic E-state index is -0.221. The van der Waals surface area contributed by atoms with E-state index in [1.165, 1.54) is 6.21 Å². The lowest BCUT2D eigenvalue weighted by atomic mass is 10.3. The van der Waals surface area contributed by atoms with Gasteiger partial charge in [0.25, 0.3) is 5.91 Å². The summed E-state index contributed by atoms with van der Waals surface area (Å²) < 4.78 is 5.03. The van der Waals surface area contributed by atoms with E-state index in [1.54, 1.807) is 18.4 Å². The van der Waals surface area contributed by atoms with Crippen molar-refractivity contribution >= 4 is 17.8 Å². The molecule has 1 amide bonds. The van der Waals surface area contributed by atoms with Gasteiger partial charge in [0.15, 0.2) is 0 Å². The number of carbonyl (C=O) groups excluding carboxylic acids is 1. The second kappa shape index (κ2) is 6.24. The van der Waals surface area contributed by atoms with Crippen LogP contribution in [0.25, 0.3) is 0 Å². The van der Waals surface area contributed by atoms with E-state index < -0.39 is 0 Å². The van der Waals surface area contributed by atoms with Crippen LogP contribution in [0.15, 0.2) is 58.2 Å². The van der Waals surface area contributed by atoms with E-state index in [1.807, 2.05) is 30.3 Å². The van der Waals surface area contributed by atoms with Gasteiger partial charge in [-0.25, -0.2) is 5.43 Å². The summed E-state index contributed by atoms with van der Waals surface area (Å²) in [6, 6.07) is 13.0. The topological polar surface area (TPSA) is 66.6 Å². The smallest absolute Gasteiger partial charge is 0.259 e. The summed E-state index contributed by atoms with van der Waals surface area (Å²) in [5.74, 6) is 0.368. The molecule has 0 saturated heterocycles. The van der Waals surface area contributed by atoms with Crippen LogP contribution in [-0.4, -0.2) is 18.7 Å². The quantitative estimate of drug-likeness (QED) is 0.622. The van der Waals surface area contributed by atoms with Crippen LogP contribution in [0.5, 0.6) is 0 Å². The Morgan fingerprint density at radius 2 is 2.06 bits per heavy atom. The summed E-state index contributed by atoms with van der Waals surface area (Å²) in [5.41, 5.74) is 3.29. The molecule has 0 aliphatic heterocycles. The molecule has 18 heavy (non-hydrogen) atoms. The Morgan fingerprint density at radius 3 is 2.78 bits per heavy atom. The first-order valence-corrected chi connectivity index (χ1v) is 5.49. The summed E-state index contributed by atoms with van der Waals surface area (Å²) in [6.07, 6.45) is 2.99. The van der Waals surface area contributed by atoms with Gasteiger partial charge in [0, 0.05) is 5.69 Å². The van der Waals surface area contributed by atoms with Gasteiger partial charge in [-0.15, -0.1) is 0 Å². The zero-order valence-corrected chi connectivity index (χ0v) is 9.67. The molecular formula is C13H13N3O2. The number of nitrogens with one attached hydrogen (secondary N) is 2. The van der Waals surface area contributed by atoms with E-state index in [0.717, 1.165) is 5.69 Å². The maximum Gasteiger partial charge on any atom is 0.259 e. The predicted octanol–water partition coefficient (Wildman–Crippen LogP) is 1.84. The number of furan rings is 1. The minimum absolute atomic E-state index is 0.166. The van der Waals surface area contributed by atoms with Crippen molar-refractivity contribution in [3.05, 3.63) is 54.5 Å². The van der Waals surface area contributed by atoms with Crippen molar-refractivity contribution in [1.29, 1.82) is 0 Å². The number of hydrogen-bond acceptors (Lipinski definition) is 4. The van der Waals surface area contributed by atoms with Gasteiger partial charge >= 0.3 is 0 Å². The molecule has 1 aromatic heterocycles. The van der Waals surface area contributed by atoms with E-state index in [2.05, 4.69) is 15.8 Å². The highest BCUT2D eigenvalue weighted by Gasteiger charge is 1.98. The highest BCUT2D eigenvalue weighted by atomic mass is 16.3. The maximum atomic E-state index is 11.4. The highest BCUT2D eigenvalue weighted by molar-refractivity contribution is 5.82. The number of hydrazone groups is 1. The van der Waals surface area contributed by atoms with Crippen LogP contribution in [0.1, 0.15) is 5.76 Å². The molecule has 0 aliphatic carbocycles. The molecule has 2 N–H and O–H groups in total. The maximum absolute atomic E-state index is 11.4. The lowest BCUT2D eigenvalue weighted by Crippen LogP contribution is -2.25. The van der Waals surface area contributed by atoms with Crippen LogP contribution in [0.2, 0.25) is 0 Å². The number of nitrogens with zero attached hydrogens (tertiary/aromatic N) is 1. The third-order valence-corrected chi connectivity index (χ3v) is 2.15. The van der Waals surface area contributed by atoms with E-state index in [0.29, 0.717) is 5.76 Å². The predicted molar refractivity (Wildman–Crippen MR) is 69.4 cm³/mol. The van der Waals surface area contributed by atoms with Crippen LogP contribution >= 0.6 is 0 Å². The van der Waals surface area contributed by atoms with Gasteiger partial charge in [-0.2, -0.15) is 5.10 Å². The average Bonchev–Trinajstić information content (AvgIpc) is 2.91. The van der Waals surface area contributed by atoms with Crippen molar-refractivity contribution in [2.75, 3.05) is 11.9 Å². The van der Waals surface area contributed by atoms with Gasteiger partial charge in [0.05, 0.1) is 19.0 Å². The molecule has 0 aliphatic rings. The van der Waals surface area contributed by atoms with Crippen molar-refractivity contribution < 1.29 is 9.21 Å². The molecule has 0 spiro atoms. The molecule has 0 atom stereocenters. The standard InChI is InChI=1S/C13H13N3O2/c17-13(10-14-11-5-2-1-3-6-11)16-15-9-12-7-4-8-18-12/h1-9,14H,10H2,(H,16,17)/b15-9+.